The van der Waals surface area contributed by atoms with Gasteiger partial charge in [-0.05, 0) is 67.6 Å². The molecule has 0 heteroatoms. The zero-order chi connectivity index (χ0) is 15.8. The van der Waals surface area contributed by atoms with Gasteiger partial charge in [0, 0.05) is 0 Å². The third-order valence-electron chi connectivity index (χ3n) is 4.60. The fraction of sp³-hybridized carbons (Fsp3) is 0.500. The summed E-state index contributed by atoms with van der Waals surface area (Å²) in [6.45, 7) is 7.25. The molecular weight excluding hydrogens is 264 g/mol. The highest BCUT2D eigenvalue weighted by molar-refractivity contribution is 5.29. The Morgan fingerprint density at radius 2 is 2.05 bits per heavy atom. The second kappa shape index (κ2) is 8.20. The standard InChI is InChI=1S/C22H30/c1-19(17-21-13-7-4-5-8-14-21)18-22(2,3)16-15-20-11-9-6-10-12-20/h4,6-9,11,13-14,19H,10,12,15-18H2,1-3H3. The van der Waals surface area contributed by atoms with Crippen LogP contribution >= 0.6 is 0 Å². The SMILES string of the molecule is CC(CC1=CC=C=CC=C1)CC(C)(C)CCC1=CC=CCC1. The Hall–Kier alpha value is -1.52. The van der Waals surface area contributed by atoms with Crippen LogP contribution in [0.25, 0.3) is 0 Å². The summed E-state index contributed by atoms with van der Waals surface area (Å²) < 4.78 is 0. The topological polar surface area (TPSA) is 0 Å². The Bertz CT molecular complexity index is 543. The van der Waals surface area contributed by atoms with Crippen molar-refractivity contribution in [1.29, 1.82) is 0 Å². The average molecular weight is 294 g/mol. The zero-order valence-electron chi connectivity index (χ0n) is 14.4. The van der Waals surface area contributed by atoms with Gasteiger partial charge in [0.15, 0.2) is 0 Å². The minimum absolute atomic E-state index is 0.421. The van der Waals surface area contributed by atoms with Crippen LogP contribution in [0.15, 0.2) is 65.5 Å². The summed E-state index contributed by atoms with van der Waals surface area (Å²) in [5, 5.41) is 0. The molecular formula is C22H30. The number of allylic oxidation sites excluding steroid dienone is 9. The van der Waals surface area contributed by atoms with Crippen LogP contribution < -0.4 is 0 Å². The van der Waals surface area contributed by atoms with E-state index in [1.54, 1.807) is 5.57 Å². The summed E-state index contributed by atoms with van der Waals surface area (Å²) in [5.74, 6) is 0.720. The average Bonchev–Trinajstić information content (AvgIpc) is 2.74. The summed E-state index contributed by atoms with van der Waals surface area (Å²) in [6, 6.07) is 0. The van der Waals surface area contributed by atoms with Gasteiger partial charge in [-0.3, -0.25) is 0 Å². The summed E-state index contributed by atoms with van der Waals surface area (Å²) in [5.41, 5.74) is 6.61. The lowest BCUT2D eigenvalue weighted by atomic mass is 9.77. The lowest BCUT2D eigenvalue weighted by Crippen LogP contribution is -2.16. The van der Waals surface area contributed by atoms with Gasteiger partial charge in [-0.1, -0.05) is 62.8 Å². The van der Waals surface area contributed by atoms with E-state index >= 15 is 0 Å². The van der Waals surface area contributed by atoms with Crippen molar-refractivity contribution in [2.45, 2.75) is 59.3 Å². The Balaban J connectivity index is 1.80. The molecule has 0 aromatic heterocycles. The second-order valence-corrected chi connectivity index (χ2v) is 7.57. The van der Waals surface area contributed by atoms with Gasteiger partial charge >= 0.3 is 0 Å². The van der Waals surface area contributed by atoms with Crippen molar-refractivity contribution >= 4 is 0 Å². The Morgan fingerprint density at radius 3 is 2.82 bits per heavy atom. The first-order valence-corrected chi connectivity index (χ1v) is 8.68. The molecule has 22 heavy (non-hydrogen) atoms. The molecule has 0 heterocycles. The highest BCUT2D eigenvalue weighted by Crippen LogP contribution is 2.35. The van der Waals surface area contributed by atoms with Crippen molar-refractivity contribution in [3.05, 3.63) is 65.5 Å². The summed E-state index contributed by atoms with van der Waals surface area (Å²) in [4.78, 5) is 0. The van der Waals surface area contributed by atoms with Crippen molar-refractivity contribution in [3.63, 3.8) is 0 Å². The van der Waals surface area contributed by atoms with Gasteiger partial charge < -0.3 is 0 Å². The van der Waals surface area contributed by atoms with Crippen LogP contribution in [0, 0.1) is 11.3 Å². The Labute approximate surface area is 136 Å². The third-order valence-corrected chi connectivity index (χ3v) is 4.60. The molecule has 2 aliphatic rings. The molecule has 0 amide bonds. The van der Waals surface area contributed by atoms with Crippen LogP contribution in [0.5, 0.6) is 0 Å². The number of hydrogen-bond acceptors (Lipinski definition) is 0. The van der Waals surface area contributed by atoms with E-state index in [2.05, 4.69) is 63.0 Å². The molecule has 2 rings (SSSR count). The molecule has 0 aliphatic heterocycles. The minimum atomic E-state index is 0.421. The highest BCUT2D eigenvalue weighted by atomic mass is 14.3. The summed E-state index contributed by atoms with van der Waals surface area (Å²) in [6.07, 6.45) is 24.8. The van der Waals surface area contributed by atoms with E-state index in [0.717, 1.165) is 12.3 Å². The van der Waals surface area contributed by atoms with E-state index in [4.69, 9.17) is 0 Å². The molecule has 0 fully saturated rings. The van der Waals surface area contributed by atoms with Crippen LogP contribution in [-0.2, 0) is 0 Å². The Kier molecular flexibility index (Phi) is 6.28. The fourth-order valence-corrected chi connectivity index (χ4v) is 3.51. The van der Waals surface area contributed by atoms with Gasteiger partial charge in [-0.2, -0.15) is 0 Å². The molecule has 2 aliphatic carbocycles. The molecule has 0 N–H and O–H groups in total. The first-order valence-electron chi connectivity index (χ1n) is 8.68. The first-order chi connectivity index (χ1) is 10.6. The molecule has 0 saturated carbocycles. The molecule has 0 spiro atoms. The molecule has 0 saturated heterocycles. The van der Waals surface area contributed by atoms with Crippen molar-refractivity contribution in [2.75, 3.05) is 0 Å². The predicted molar refractivity (Wildman–Crippen MR) is 97.7 cm³/mol. The largest absolute Gasteiger partial charge is 0.121 e. The minimum Gasteiger partial charge on any atom is -0.121 e. The van der Waals surface area contributed by atoms with E-state index in [0.29, 0.717) is 5.41 Å². The predicted octanol–water partition coefficient (Wildman–Crippen LogP) is 6.69. The quantitative estimate of drug-likeness (QED) is 0.459. The van der Waals surface area contributed by atoms with Crippen LogP contribution in [0.1, 0.15) is 59.3 Å². The summed E-state index contributed by atoms with van der Waals surface area (Å²) >= 11 is 0. The Morgan fingerprint density at radius 1 is 1.18 bits per heavy atom. The van der Waals surface area contributed by atoms with Gasteiger partial charge in [-0.25, -0.2) is 0 Å². The molecule has 0 bridgehead atoms. The summed E-state index contributed by atoms with van der Waals surface area (Å²) in [7, 11) is 0. The molecule has 0 aromatic rings. The van der Waals surface area contributed by atoms with E-state index in [9.17, 15) is 0 Å². The van der Waals surface area contributed by atoms with E-state index < -0.39 is 0 Å². The first kappa shape index (κ1) is 16.8. The zero-order valence-corrected chi connectivity index (χ0v) is 14.4. The van der Waals surface area contributed by atoms with Crippen molar-refractivity contribution < 1.29 is 0 Å². The molecule has 0 radical (unpaired) electrons. The molecule has 1 unspecified atom stereocenters. The smallest absolute Gasteiger partial charge is 0.0197 e. The van der Waals surface area contributed by atoms with Crippen LogP contribution in [0.2, 0.25) is 0 Å². The third kappa shape index (κ3) is 6.08. The molecule has 0 aromatic carbocycles. The second-order valence-electron chi connectivity index (χ2n) is 7.57. The van der Waals surface area contributed by atoms with Gasteiger partial charge in [0.1, 0.15) is 0 Å². The van der Waals surface area contributed by atoms with Gasteiger partial charge in [0.2, 0.25) is 0 Å². The maximum Gasteiger partial charge on any atom is -0.0197 e. The maximum absolute atomic E-state index is 3.13. The van der Waals surface area contributed by atoms with Crippen molar-refractivity contribution in [1.82, 2.24) is 0 Å². The monoisotopic (exact) mass is 294 g/mol. The highest BCUT2D eigenvalue weighted by Gasteiger charge is 2.21. The van der Waals surface area contributed by atoms with E-state index in [1.165, 1.54) is 37.7 Å². The molecule has 118 valence electrons. The van der Waals surface area contributed by atoms with Crippen LogP contribution in [0.4, 0.5) is 0 Å². The number of hydrogen-bond donors (Lipinski definition) is 0. The van der Waals surface area contributed by atoms with Crippen molar-refractivity contribution in [2.24, 2.45) is 11.3 Å². The lowest BCUT2D eigenvalue weighted by Gasteiger charge is -2.29. The van der Waals surface area contributed by atoms with Gasteiger partial charge in [0.25, 0.3) is 0 Å². The molecule has 0 nitrogen and oxygen atoms in total. The fourth-order valence-electron chi connectivity index (χ4n) is 3.51. The normalized spacial score (nSPS) is 18.9. The van der Waals surface area contributed by atoms with Crippen molar-refractivity contribution in [3.8, 4) is 0 Å². The van der Waals surface area contributed by atoms with E-state index in [-0.39, 0.29) is 0 Å². The number of rotatable bonds is 7. The van der Waals surface area contributed by atoms with E-state index in [1.807, 2.05) is 12.2 Å². The lowest BCUT2D eigenvalue weighted by molar-refractivity contribution is 0.255. The maximum atomic E-state index is 3.13. The molecule has 1 atom stereocenters. The van der Waals surface area contributed by atoms with Crippen LogP contribution in [0.3, 0.4) is 0 Å². The van der Waals surface area contributed by atoms with Gasteiger partial charge in [-0.15, -0.1) is 5.73 Å². The van der Waals surface area contributed by atoms with Crippen LogP contribution in [-0.4, -0.2) is 0 Å². The van der Waals surface area contributed by atoms with Gasteiger partial charge in [0.05, 0.1) is 0 Å².